The van der Waals surface area contributed by atoms with Crippen molar-refractivity contribution in [2.75, 3.05) is 13.7 Å². The minimum absolute atomic E-state index is 0.218. The first kappa shape index (κ1) is 20.4. The van der Waals surface area contributed by atoms with E-state index in [0.29, 0.717) is 17.7 Å². The molecule has 27 heavy (non-hydrogen) atoms. The molecule has 4 nitrogen and oxygen atoms in total. The summed E-state index contributed by atoms with van der Waals surface area (Å²) in [6.45, 7) is 3.95. The number of methoxy groups -OCH3 is 1. The van der Waals surface area contributed by atoms with E-state index < -0.39 is 11.9 Å². The van der Waals surface area contributed by atoms with Crippen molar-refractivity contribution >= 4 is 23.4 Å². The van der Waals surface area contributed by atoms with Crippen LogP contribution in [0, 0.1) is 5.92 Å². The standard InChI is InChI=1S/C23H26O4/c1-4-10-20(23(25)27-5-2)22(24)21(18-12-7-6-8-13-18)16-17-11-9-14-19(15-17)26-3/h6-9,11-16,20H,4-5,10H2,1-3H3/b21-16+. The van der Waals surface area contributed by atoms with E-state index in [1.54, 1.807) is 14.0 Å². The number of allylic oxidation sites excluding steroid dienone is 1. The van der Waals surface area contributed by atoms with Crippen molar-refractivity contribution in [3.63, 3.8) is 0 Å². The summed E-state index contributed by atoms with van der Waals surface area (Å²) in [7, 11) is 1.60. The first-order valence-electron chi connectivity index (χ1n) is 9.22. The monoisotopic (exact) mass is 366 g/mol. The van der Waals surface area contributed by atoms with Crippen LogP contribution in [0.15, 0.2) is 54.6 Å². The SMILES string of the molecule is CCCC(C(=O)OCC)C(=O)/C(=C/c1cccc(OC)c1)c1ccccc1. The Labute approximate surface area is 160 Å². The Morgan fingerprint density at radius 1 is 1.04 bits per heavy atom. The van der Waals surface area contributed by atoms with Gasteiger partial charge in [0.05, 0.1) is 13.7 Å². The Morgan fingerprint density at radius 3 is 2.41 bits per heavy atom. The van der Waals surface area contributed by atoms with Crippen molar-refractivity contribution in [1.82, 2.24) is 0 Å². The summed E-state index contributed by atoms with van der Waals surface area (Å²) in [4.78, 5) is 25.7. The number of carbonyl (C=O) groups is 2. The molecule has 0 radical (unpaired) electrons. The number of rotatable bonds is 9. The van der Waals surface area contributed by atoms with Crippen LogP contribution >= 0.6 is 0 Å². The summed E-state index contributed by atoms with van der Waals surface area (Å²) in [5.41, 5.74) is 2.10. The number of carbonyl (C=O) groups excluding carboxylic acids is 2. The average Bonchev–Trinajstić information content (AvgIpc) is 2.70. The number of hydrogen-bond donors (Lipinski definition) is 0. The quantitative estimate of drug-likeness (QED) is 0.277. The number of ether oxygens (including phenoxy) is 2. The van der Waals surface area contributed by atoms with E-state index in [9.17, 15) is 9.59 Å². The maximum absolute atomic E-state index is 13.3. The molecule has 0 N–H and O–H groups in total. The predicted molar refractivity (Wildman–Crippen MR) is 107 cm³/mol. The third-order valence-electron chi connectivity index (χ3n) is 4.22. The number of benzene rings is 2. The zero-order valence-electron chi connectivity index (χ0n) is 16.1. The van der Waals surface area contributed by atoms with Gasteiger partial charge in [-0.1, -0.05) is 55.8 Å². The molecular formula is C23H26O4. The van der Waals surface area contributed by atoms with Crippen LogP contribution in [-0.4, -0.2) is 25.5 Å². The van der Waals surface area contributed by atoms with Crippen LogP contribution < -0.4 is 4.74 Å². The largest absolute Gasteiger partial charge is 0.497 e. The second-order valence-electron chi connectivity index (χ2n) is 6.16. The normalized spacial score (nSPS) is 12.3. The van der Waals surface area contributed by atoms with Crippen LogP contribution in [0.1, 0.15) is 37.8 Å². The van der Waals surface area contributed by atoms with E-state index in [2.05, 4.69) is 0 Å². The van der Waals surface area contributed by atoms with Crippen molar-refractivity contribution in [2.24, 2.45) is 5.92 Å². The molecule has 2 rings (SSSR count). The number of esters is 1. The third-order valence-corrected chi connectivity index (χ3v) is 4.22. The number of ketones is 1. The minimum Gasteiger partial charge on any atom is -0.497 e. The summed E-state index contributed by atoms with van der Waals surface area (Å²) in [6.07, 6.45) is 2.98. The minimum atomic E-state index is -0.799. The highest BCUT2D eigenvalue weighted by Crippen LogP contribution is 2.26. The first-order valence-corrected chi connectivity index (χ1v) is 9.22. The Bertz CT molecular complexity index is 793. The fraction of sp³-hybridized carbons (Fsp3) is 0.304. The van der Waals surface area contributed by atoms with E-state index in [1.807, 2.05) is 67.6 Å². The van der Waals surface area contributed by atoms with Gasteiger partial charge in [0.1, 0.15) is 11.7 Å². The molecule has 0 saturated carbocycles. The van der Waals surface area contributed by atoms with Crippen molar-refractivity contribution in [3.8, 4) is 5.75 Å². The molecule has 142 valence electrons. The van der Waals surface area contributed by atoms with Crippen LogP contribution in [0.2, 0.25) is 0 Å². The molecule has 0 aliphatic carbocycles. The van der Waals surface area contributed by atoms with Crippen LogP contribution in [0.4, 0.5) is 0 Å². The molecule has 0 fully saturated rings. The summed E-state index contributed by atoms with van der Waals surface area (Å²) >= 11 is 0. The summed E-state index contributed by atoms with van der Waals surface area (Å²) < 4.78 is 10.4. The molecule has 1 atom stereocenters. The van der Waals surface area contributed by atoms with Crippen molar-refractivity contribution in [2.45, 2.75) is 26.7 Å². The Balaban J connectivity index is 2.49. The highest BCUT2D eigenvalue weighted by molar-refractivity contribution is 6.30. The van der Waals surface area contributed by atoms with Gasteiger partial charge in [-0.25, -0.2) is 0 Å². The van der Waals surface area contributed by atoms with Gasteiger partial charge in [0, 0.05) is 5.57 Å². The molecule has 2 aromatic rings. The summed E-state index contributed by atoms with van der Waals surface area (Å²) in [6, 6.07) is 16.9. The molecule has 0 aliphatic heterocycles. The Morgan fingerprint density at radius 2 is 1.78 bits per heavy atom. The fourth-order valence-corrected chi connectivity index (χ4v) is 2.89. The van der Waals surface area contributed by atoms with Gasteiger partial charge in [0.15, 0.2) is 5.78 Å². The number of hydrogen-bond acceptors (Lipinski definition) is 4. The molecular weight excluding hydrogens is 340 g/mol. The molecule has 0 aliphatic rings. The summed E-state index contributed by atoms with van der Waals surface area (Å²) in [5, 5.41) is 0. The van der Waals surface area contributed by atoms with Gasteiger partial charge in [-0.3, -0.25) is 9.59 Å². The van der Waals surface area contributed by atoms with E-state index in [4.69, 9.17) is 9.47 Å². The van der Waals surface area contributed by atoms with Gasteiger partial charge in [-0.2, -0.15) is 0 Å². The molecule has 0 aromatic heterocycles. The highest BCUT2D eigenvalue weighted by Gasteiger charge is 2.30. The molecule has 0 heterocycles. The average molecular weight is 366 g/mol. The molecule has 4 heteroatoms. The van der Waals surface area contributed by atoms with Gasteiger partial charge < -0.3 is 9.47 Å². The van der Waals surface area contributed by atoms with Crippen LogP contribution in [0.25, 0.3) is 11.6 Å². The molecule has 2 aromatic carbocycles. The van der Waals surface area contributed by atoms with E-state index in [1.165, 1.54) is 0 Å². The van der Waals surface area contributed by atoms with Crippen molar-refractivity contribution in [3.05, 3.63) is 65.7 Å². The molecule has 0 bridgehead atoms. The lowest BCUT2D eigenvalue weighted by atomic mass is 9.88. The molecule has 0 amide bonds. The maximum atomic E-state index is 13.3. The van der Waals surface area contributed by atoms with Gasteiger partial charge in [-0.15, -0.1) is 0 Å². The fourth-order valence-electron chi connectivity index (χ4n) is 2.89. The lowest BCUT2D eigenvalue weighted by Gasteiger charge is -2.16. The Hall–Kier alpha value is -2.88. The molecule has 0 saturated heterocycles. The van der Waals surface area contributed by atoms with E-state index in [-0.39, 0.29) is 12.4 Å². The maximum Gasteiger partial charge on any atom is 0.316 e. The molecule has 1 unspecified atom stereocenters. The van der Waals surface area contributed by atoms with Gasteiger partial charge in [0.25, 0.3) is 0 Å². The lowest BCUT2D eigenvalue weighted by Crippen LogP contribution is -2.27. The van der Waals surface area contributed by atoms with Gasteiger partial charge >= 0.3 is 5.97 Å². The lowest BCUT2D eigenvalue weighted by molar-refractivity contribution is -0.150. The third kappa shape index (κ3) is 5.55. The van der Waals surface area contributed by atoms with Crippen LogP contribution in [-0.2, 0) is 14.3 Å². The van der Waals surface area contributed by atoms with E-state index >= 15 is 0 Å². The zero-order valence-corrected chi connectivity index (χ0v) is 16.1. The topological polar surface area (TPSA) is 52.6 Å². The first-order chi connectivity index (χ1) is 13.1. The predicted octanol–water partition coefficient (Wildman–Crippen LogP) is 4.78. The van der Waals surface area contributed by atoms with E-state index in [0.717, 1.165) is 17.5 Å². The Kier molecular flexibility index (Phi) is 7.80. The van der Waals surface area contributed by atoms with Crippen molar-refractivity contribution < 1.29 is 19.1 Å². The van der Waals surface area contributed by atoms with Crippen LogP contribution in [0.5, 0.6) is 5.75 Å². The second kappa shape index (κ2) is 10.3. The second-order valence-corrected chi connectivity index (χ2v) is 6.16. The van der Waals surface area contributed by atoms with Gasteiger partial charge in [0.2, 0.25) is 0 Å². The summed E-state index contributed by atoms with van der Waals surface area (Å²) in [5.74, 6) is -0.771. The number of Topliss-reactive ketones (excluding diaryl/α,β-unsaturated/α-hetero) is 1. The zero-order chi connectivity index (χ0) is 19.6. The highest BCUT2D eigenvalue weighted by atomic mass is 16.5. The smallest absolute Gasteiger partial charge is 0.316 e. The van der Waals surface area contributed by atoms with Crippen molar-refractivity contribution in [1.29, 1.82) is 0 Å². The van der Waals surface area contributed by atoms with Crippen LogP contribution in [0.3, 0.4) is 0 Å². The van der Waals surface area contributed by atoms with Gasteiger partial charge in [-0.05, 0) is 42.7 Å². The molecule has 0 spiro atoms.